The van der Waals surface area contributed by atoms with Crippen molar-refractivity contribution in [3.8, 4) is 11.8 Å². The number of ether oxygens (including phenoxy) is 1. The van der Waals surface area contributed by atoms with Gasteiger partial charge in [-0.15, -0.1) is 0 Å². The Morgan fingerprint density at radius 2 is 2.10 bits per heavy atom. The summed E-state index contributed by atoms with van der Waals surface area (Å²) in [7, 11) is -3.72. The summed E-state index contributed by atoms with van der Waals surface area (Å²) >= 11 is 0. The number of nitriles is 1. The van der Waals surface area contributed by atoms with Crippen LogP contribution < -0.4 is 9.46 Å². The van der Waals surface area contributed by atoms with Crippen LogP contribution in [0.15, 0.2) is 23.1 Å². The molecule has 0 aliphatic carbocycles. The molecule has 1 aromatic carbocycles. The van der Waals surface area contributed by atoms with E-state index in [1.807, 2.05) is 26.8 Å². The minimum atomic E-state index is -3.72. The SMILES string of the molecule is CC(C)(C)[C@@H](C#N)NS(=O)(=O)c1ccc2c(c1)CCCO2. The second-order valence-corrected chi connectivity index (χ2v) is 7.98. The van der Waals surface area contributed by atoms with Crippen LogP contribution in [-0.2, 0) is 16.4 Å². The highest BCUT2D eigenvalue weighted by atomic mass is 32.2. The normalized spacial score (nSPS) is 16.5. The Kier molecular flexibility index (Phi) is 4.26. The van der Waals surface area contributed by atoms with Gasteiger partial charge in [0.15, 0.2) is 0 Å². The van der Waals surface area contributed by atoms with Crippen molar-refractivity contribution < 1.29 is 13.2 Å². The number of nitrogens with one attached hydrogen (secondary N) is 1. The highest BCUT2D eigenvalue weighted by Gasteiger charge is 2.30. The van der Waals surface area contributed by atoms with Gasteiger partial charge in [0, 0.05) is 0 Å². The van der Waals surface area contributed by atoms with E-state index in [1.165, 1.54) is 6.07 Å². The van der Waals surface area contributed by atoms with Gasteiger partial charge >= 0.3 is 0 Å². The molecule has 6 heteroatoms. The van der Waals surface area contributed by atoms with Crippen LogP contribution in [0.5, 0.6) is 5.75 Å². The van der Waals surface area contributed by atoms with Crippen LogP contribution in [0.2, 0.25) is 0 Å². The van der Waals surface area contributed by atoms with Crippen molar-refractivity contribution in [1.82, 2.24) is 4.72 Å². The largest absolute Gasteiger partial charge is 0.493 e. The van der Waals surface area contributed by atoms with E-state index < -0.39 is 21.5 Å². The molecule has 1 aliphatic rings. The quantitative estimate of drug-likeness (QED) is 0.928. The zero-order valence-corrected chi connectivity index (χ0v) is 13.3. The molecule has 1 aliphatic heterocycles. The fourth-order valence-electron chi connectivity index (χ4n) is 2.12. The van der Waals surface area contributed by atoms with E-state index in [9.17, 15) is 8.42 Å². The van der Waals surface area contributed by atoms with Crippen LogP contribution >= 0.6 is 0 Å². The first-order chi connectivity index (χ1) is 9.74. The molecule has 0 aromatic heterocycles. The number of aryl methyl sites for hydroxylation is 1. The molecule has 21 heavy (non-hydrogen) atoms. The second kappa shape index (κ2) is 5.66. The number of rotatable bonds is 3. The van der Waals surface area contributed by atoms with Gasteiger partial charge in [0.25, 0.3) is 0 Å². The molecule has 0 saturated carbocycles. The van der Waals surface area contributed by atoms with E-state index in [0.29, 0.717) is 6.61 Å². The van der Waals surface area contributed by atoms with Crippen LogP contribution in [0.3, 0.4) is 0 Å². The smallest absolute Gasteiger partial charge is 0.241 e. The van der Waals surface area contributed by atoms with Crippen LogP contribution in [0, 0.1) is 16.7 Å². The second-order valence-electron chi connectivity index (χ2n) is 6.27. The number of hydrogen-bond acceptors (Lipinski definition) is 4. The standard InChI is InChI=1S/C15H20N2O3S/c1-15(2,3)14(10-16)17-21(18,19)12-6-7-13-11(9-12)5-4-8-20-13/h6-7,9,14,17H,4-5,8H2,1-3H3/t14-/m1/s1. The minimum Gasteiger partial charge on any atom is -0.493 e. The Balaban J connectivity index is 2.30. The van der Waals surface area contributed by atoms with Gasteiger partial charge in [-0.2, -0.15) is 9.98 Å². The van der Waals surface area contributed by atoms with Crippen molar-refractivity contribution in [3.63, 3.8) is 0 Å². The van der Waals surface area contributed by atoms with Gasteiger partial charge in [0.2, 0.25) is 10.0 Å². The van der Waals surface area contributed by atoms with Crippen LogP contribution in [0.4, 0.5) is 0 Å². The fraction of sp³-hybridized carbons (Fsp3) is 0.533. The molecule has 0 radical (unpaired) electrons. The lowest BCUT2D eigenvalue weighted by atomic mass is 9.88. The average molecular weight is 308 g/mol. The Bertz CT molecular complexity index is 669. The summed E-state index contributed by atoms with van der Waals surface area (Å²) in [6.45, 7) is 6.14. The Labute approximate surface area is 126 Å². The van der Waals surface area contributed by atoms with Crippen molar-refractivity contribution in [2.75, 3.05) is 6.61 Å². The van der Waals surface area contributed by atoms with Gasteiger partial charge in [-0.1, -0.05) is 20.8 Å². The highest BCUT2D eigenvalue weighted by molar-refractivity contribution is 7.89. The molecule has 2 rings (SSSR count). The van der Waals surface area contributed by atoms with E-state index in [1.54, 1.807) is 12.1 Å². The van der Waals surface area contributed by atoms with Crippen molar-refractivity contribution in [1.29, 1.82) is 5.26 Å². The van der Waals surface area contributed by atoms with Crippen LogP contribution in [0.25, 0.3) is 0 Å². The summed E-state index contributed by atoms with van der Waals surface area (Å²) < 4.78 is 32.8. The number of hydrogen-bond donors (Lipinski definition) is 1. The van der Waals surface area contributed by atoms with Crippen molar-refractivity contribution in [2.45, 2.75) is 44.6 Å². The van der Waals surface area contributed by atoms with E-state index in [-0.39, 0.29) is 4.90 Å². The molecule has 0 unspecified atom stereocenters. The van der Waals surface area contributed by atoms with Crippen molar-refractivity contribution in [3.05, 3.63) is 23.8 Å². The minimum absolute atomic E-state index is 0.177. The van der Waals surface area contributed by atoms with Crippen molar-refractivity contribution in [2.24, 2.45) is 5.41 Å². The van der Waals surface area contributed by atoms with Gasteiger partial charge in [-0.3, -0.25) is 0 Å². The molecule has 0 fully saturated rings. The highest BCUT2D eigenvalue weighted by Crippen LogP contribution is 2.28. The topological polar surface area (TPSA) is 79.2 Å². The molecule has 0 spiro atoms. The monoisotopic (exact) mass is 308 g/mol. The first-order valence-corrected chi connectivity index (χ1v) is 8.40. The molecule has 1 atom stereocenters. The lowest BCUT2D eigenvalue weighted by Gasteiger charge is -2.25. The van der Waals surface area contributed by atoms with Gasteiger partial charge in [-0.05, 0) is 42.0 Å². The van der Waals surface area contributed by atoms with E-state index >= 15 is 0 Å². The predicted octanol–water partition coefficient (Wildman–Crippen LogP) is 2.23. The third kappa shape index (κ3) is 3.55. The number of sulfonamides is 1. The van der Waals surface area contributed by atoms with E-state index in [4.69, 9.17) is 10.00 Å². The summed E-state index contributed by atoms with van der Waals surface area (Å²) in [6.07, 6.45) is 1.69. The van der Waals surface area contributed by atoms with E-state index in [2.05, 4.69) is 4.72 Å². The Morgan fingerprint density at radius 1 is 1.38 bits per heavy atom. The maximum absolute atomic E-state index is 12.4. The van der Waals surface area contributed by atoms with E-state index in [0.717, 1.165) is 24.2 Å². The van der Waals surface area contributed by atoms with Gasteiger partial charge in [-0.25, -0.2) is 8.42 Å². The van der Waals surface area contributed by atoms with Gasteiger partial charge in [0.05, 0.1) is 17.6 Å². The lowest BCUT2D eigenvalue weighted by Crippen LogP contribution is -2.42. The third-order valence-electron chi connectivity index (χ3n) is 3.46. The lowest BCUT2D eigenvalue weighted by molar-refractivity contribution is 0.288. The molecule has 1 N–H and O–H groups in total. The zero-order valence-electron chi connectivity index (χ0n) is 12.5. The Morgan fingerprint density at radius 3 is 2.71 bits per heavy atom. The van der Waals surface area contributed by atoms with Gasteiger partial charge < -0.3 is 4.74 Å². The summed E-state index contributed by atoms with van der Waals surface area (Å²) in [5.41, 5.74) is 0.424. The summed E-state index contributed by atoms with van der Waals surface area (Å²) in [5.74, 6) is 0.743. The molecule has 5 nitrogen and oxygen atoms in total. The molecule has 1 heterocycles. The first-order valence-electron chi connectivity index (χ1n) is 6.92. The Hall–Kier alpha value is -1.58. The average Bonchev–Trinajstić information content (AvgIpc) is 2.43. The molecular weight excluding hydrogens is 288 g/mol. The fourth-order valence-corrected chi connectivity index (χ4v) is 3.52. The summed E-state index contributed by atoms with van der Waals surface area (Å²) in [6, 6.07) is 6.06. The molecule has 0 bridgehead atoms. The van der Waals surface area contributed by atoms with Crippen LogP contribution in [-0.4, -0.2) is 21.1 Å². The summed E-state index contributed by atoms with van der Waals surface area (Å²) in [4.78, 5) is 0.177. The molecular formula is C15H20N2O3S. The summed E-state index contributed by atoms with van der Waals surface area (Å²) in [5, 5.41) is 9.17. The van der Waals surface area contributed by atoms with Crippen LogP contribution in [0.1, 0.15) is 32.8 Å². The number of nitrogens with zero attached hydrogens (tertiary/aromatic N) is 1. The zero-order chi connectivity index (χ0) is 15.7. The van der Waals surface area contributed by atoms with Crippen molar-refractivity contribution >= 4 is 10.0 Å². The first kappa shape index (κ1) is 15.8. The maximum Gasteiger partial charge on any atom is 0.241 e. The third-order valence-corrected chi connectivity index (χ3v) is 4.88. The molecule has 0 saturated heterocycles. The molecule has 1 aromatic rings. The van der Waals surface area contributed by atoms with Gasteiger partial charge in [0.1, 0.15) is 11.8 Å². The molecule has 0 amide bonds. The maximum atomic E-state index is 12.4. The number of benzene rings is 1. The molecule has 114 valence electrons. The number of fused-ring (bicyclic) bond motifs is 1. The predicted molar refractivity (Wildman–Crippen MR) is 79.4 cm³/mol.